The Balaban J connectivity index is 2.36. The monoisotopic (exact) mass is 267 g/mol. The molecule has 0 amide bonds. The molecule has 2 rings (SSSR count). The van der Waals surface area contributed by atoms with E-state index in [9.17, 15) is 15.0 Å². The van der Waals surface area contributed by atoms with Crippen molar-refractivity contribution in [3.05, 3.63) is 23.2 Å². The van der Waals surface area contributed by atoms with Crippen LogP contribution < -0.4 is 11.5 Å². The number of hydrogen-bond donors (Lipinski definition) is 4. The van der Waals surface area contributed by atoms with Crippen LogP contribution in [0.5, 0.6) is 11.8 Å². The van der Waals surface area contributed by atoms with Crippen molar-refractivity contribution in [2.45, 2.75) is 0 Å². The lowest BCUT2D eigenvalue weighted by Gasteiger charge is -2.01. The highest BCUT2D eigenvalue weighted by molar-refractivity contribution is 7.13. The zero-order chi connectivity index (χ0) is 13.3. The first-order valence-corrected chi connectivity index (χ1v) is 5.56. The fourth-order valence-electron chi connectivity index (χ4n) is 1.26. The molecule has 2 aromatic rings. The molecule has 2 aromatic heterocycles. The standard InChI is InChI=1S/C9H9N5O3S/c10-8(11)13-9-12-4(3-18-9)7(17)14-5(15)1-2-6(14)16/h1-3,15-16H,(H4,10,11,12,13). The molecular formula is C9H9N5O3S. The van der Waals surface area contributed by atoms with E-state index in [0.29, 0.717) is 4.57 Å². The van der Waals surface area contributed by atoms with Crippen LogP contribution in [0.2, 0.25) is 0 Å². The number of rotatable bonds is 2. The van der Waals surface area contributed by atoms with Gasteiger partial charge in [-0.25, -0.2) is 9.55 Å². The second kappa shape index (κ2) is 4.37. The minimum Gasteiger partial charge on any atom is -0.494 e. The second-order valence-electron chi connectivity index (χ2n) is 3.24. The Morgan fingerprint density at radius 1 is 1.33 bits per heavy atom. The molecule has 0 spiro atoms. The highest BCUT2D eigenvalue weighted by atomic mass is 32.1. The van der Waals surface area contributed by atoms with Gasteiger partial charge in [0.15, 0.2) is 5.96 Å². The van der Waals surface area contributed by atoms with E-state index in [1.165, 1.54) is 17.5 Å². The Kier molecular flexibility index (Phi) is 2.90. The molecule has 0 aliphatic heterocycles. The lowest BCUT2D eigenvalue weighted by atomic mass is 10.4. The van der Waals surface area contributed by atoms with Gasteiger partial charge in [-0.2, -0.15) is 4.99 Å². The molecule has 0 aromatic carbocycles. The molecule has 0 fully saturated rings. The number of hydrogen-bond acceptors (Lipinski definition) is 6. The third kappa shape index (κ3) is 2.11. The van der Waals surface area contributed by atoms with E-state index < -0.39 is 5.91 Å². The van der Waals surface area contributed by atoms with Gasteiger partial charge in [-0.1, -0.05) is 0 Å². The molecule has 0 aliphatic rings. The van der Waals surface area contributed by atoms with E-state index in [0.717, 1.165) is 11.3 Å². The minimum atomic E-state index is -0.678. The van der Waals surface area contributed by atoms with Crippen LogP contribution in [0.25, 0.3) is 0 Å². The normalized spacial score (nSPS) is 10.2. The summed E-state index contributed by atoms with van der Waals surface area (Å²) in [4.78, 5) is 19.5. The van der Waals surface area contributed by atoms with Crippen LogP contribution in [-0.2, 0) is 0 Å². The van der Waals surface area contributed by atoms with Crippen LogP contribution in [0.1, 0.15) is 10.5 Å². The zero-order valence-corrected chi connectivity index (χ0v) is 9.76. The summed E-state index contributed by atoms with van der Waals surface area (Å²) < 4.78 is 0.717. The first-order valence-electron chi connectivity index (χ1n) is 4.68. The average Bonchev–Trinajstić information content (AvgIpc) is 2.85. The summed E-state index contributed by atoms with van der Waals surface area (Å²) in [5, 5.41) is 20.4. The van der Waals surface area contributed by atoms with Crippen molar-refractivity contribution in [1.82, 2.24) is 9.55 Å². The summed E-state index contributed by atoms with van der Waals surface area (Å²) in [6.07, 6.45) is 0. The first kappa shape index (κ1) is 11.9. The van der Waals surface area contributed by atoms with Crippen LogP contribution in [0.4, 0.5) is 5.13 Å². The van der Waals surface area contributed by atoms with Crippen LogP contribution in [-0.4, -0.2) is 31.6 Å². The van der Waals surface area contributed by atoms with Crippen LogP contribution >= 0.6 is 11.3 Å². The summed E-state index contributed by atoms with van der Waals surface area (Å²) in [6.45, 7) is 0. The van der Waals surface area contributed by atoms with Gasteiger partial charge < -0.3 is 21.7 Å². The predicted octanol–water partition coefficient (Wildman–Crippen LogP) is -0.0508. The van der Waals surface area contributed by atoms with E-state index in [1.807, 2.05) is 0 Å². The fraction of sp³-hybridized carbons (Fsp3) is 0. The third-order valence-electron chi connectivity index (χ3n) is 1.98. The molecule has 0 radical (unpaired) electrons. The van der Waals surface area contributed by atoms with Gasteiger partial charge in [0.25, 0.3) is 5.91 Å². The zero-order valence-electron chi connectivity index (χ0n) is 8.94. The summed E-state index contributed by atoms with van der Waals surface area (Å²) >= 11 is 1.06. The van der Waals surface area contributed by atoms with Gasteiger partial charge in [-0.3, -0.25) is 4.79 Å². The van der Waals surface area contributed by atoms with Crippen LogP contribution in [0.15, 0.2) is 22.5 Å². The smallest absolute Gasteiger partial charge is 0.287 e. The van der Waals surface area contributed by atoms with Gasteiger partial charge in [0.2, 0.25) is 16.9 Å². The number of aliphatic imine (C=N–C) groups is 1. The predicted molar refractivity (Wildman–Crippen MR) is 65.1 cm³/mol. The lowest BCUT2D eigenvalue weighted by Crippen LogP contribution is -2.21. The van der Waals surface area contributed by atoms with E-state index in [-0.39, 0.29) is 28.5 Å². The Hall–Kier alpha value is -2.55. The molecule has 0 aliphatic carbocycles. The number of carbonyl (C=O) groups excluding carboxylic acids is 1. The summed E-state index contributed by atoms with van der Waals surface area (Å²) in [5.41, 5.74) is 10.4. The Morgan fingerprint density at radius 2 is 1.94 bits per heavy atom. The van der Waals surface area contributed by atoms with E-state index in [2.05, 4.69) is 9.98 Å². The molecular weight excluding hydrogens is 258 g/mol. The molecule has 9 heteroatoms. The van der Waals surface area contributed by atoms with E-state index >= 15 is 0 Å². The fourth-order valence-corrected chi connectivity index (χ4v) is 1.94. The maximum Gasteiger partial charge on any atom is 0.287 e. The Morgan fingerprint density at radius 3 is 2.50 bits per heavy atom. The lowest BCUT2D eigenvalue weighted by molar-refractivity contribution is 0.0938. The third-order valence-corrected chi connectivity index (χ3v) is 2.71. The highest BCUT2D eigenvalue weighted by Crippen LogP contribution is 2.25. The van der Waals surface area contributed by atoms with Crippen molar-refractivity contribution in [3.63, 3.8) is 0 Å². The maximum absolute atomic E-state index is 11.9. The van der Waals surface area contributed by atoms with Gasteiger partial charge in [0.05, 0.1) is 0 Å². The Labute approximate surface area is 105 Å². The number of aromatic hydroxyl groups is 2. The summed E-state index contributed by atoms with van der Waals surface area (Å²) in [6, 6.07) is 2.38. The molecule has 0 unspecified atom stereocenters. The summed E-state index contributed by atoms with van der Waals surface area (Å²) in [7, 11) is 0. The van der Waals surface area contributed by atoms with Crippen molar-refractivity contribution in [1.29, 1.82) is 0 Å². The topological polar surface area (TPSA) is 140 Å². The van der Waals surface area contributed by atoms with Gasteiger partial charge in [-0.15, -0.1) is 11.3 Å². The van der Waals surface area contributed by atoms with Crippen molar-refractivity contribution in [2.24, 2.45) is 16.5 Å². The summed E-state index contributed by atoms with van der Waals surface area (Å²) in [5.74, 6) is -1.61. The number of aromatic nitrogens is 2. The van der Waals surface area contributed by atoms with Gasteiger partial charge in [0, 0.05) is 17.5 Å². The minimum absolute atomic E-state index is 0.0156. The quantitative estimate of drug-likeness (QED) is 0.444. The maximum atomic E-state index is 11.9. The van der Waals surface area contributed by atoms with Crippen molar-refractivity contribution >= 4 is 28.3 Å². The molecule has 2 heterocycles. The molecule has 0 bridgehead atoms. The van der Waals surface area contributed by atoms with Gasteiger partial charge >= 0.3 is 0 Å². The van der Waals surface area contributed by atoms with Crippen LogP contribution in [0.3, 0.4) is 0 Å². The Bertz CT molecular complexity index is 606. The number of thiazole rings is 1. The molecule has 0 atom stereocenters. The second-order valence-corrected chi connectivity index (χ2v) is 4.08. The SMILES string of the molecule is NC(N)=Nc1nc(C(=O)n2c(O)ccc2O)cs1. The van der Waals surface area contributed by atoms with Crippen LogP contribution in [0, 0.1) is 0 Å². The largest absolute Gasteiger partial charge is 0.494 e. The van der Waals surface area contributed by atoms with Gasteiger partial charge in [0.1, 0.15) is 5.69 Å². The molecule has 94 valence electrons. The van der Waals surface area contributed by atoms with E-state index in [4.69, 9.17) is 11.5 Å². The van der Waals surface area contributed by atoms with Crippen molar-refractivity contribution < 1.29 is 15.0 Å². The molecule has 0 saturated carbocycles. The molecule has 0 saturated heterocycles. The highest BCUT2D eigenvalue weighted by Gasteiger charge is 2.18. The van der Waals surface area contributed by atoms with Crippen molar-refractivity contribution in [2.75, 3.05) is 0 Å². The number of nitrogens with zero attached hydrogens (tertiary/aromatic N) is 3. The molecule has 18 heavy (non-hydrogen) atoms. The average molecular weight is 267 g/mol. The molecule has 6 N–H and O–H groups in total. The number of carbonyl (C=O) groups is 1. The number of nitrogens with two attached hydrogens (primary N) is 2. The van der Waals surface area contributed by atoms with Gasteiger partial charge in [-0.05, 0) is 0 Å². The first-order chi connectivity index (χ1) is 8.49. The molecule has 8 nitrogen and oxygen atoms in total. The number of guanidine groups is 1. The van der Waals surface area contributed by atoms with Crippen molar-refractivity contribution in [3.8, 4) is 11.8 Å². The van der Waals surface area contributed by atoms with E-state index in [1.54, 1.807) is 0 Å².